The van der Waals surface area contributed by atoms with Crippen molar-refractivity contribution in [2.45, 2.75) is 32.8 Å². The largest absolute Gasteiger partial charge is 0.507 e. The molecule has 0 radical (unpaired) electrons. The highest BCUT2D eigenvalue weighted by atomic mass is 16.6. The van der Waals surface area contributed by atoms with Crippen molar-refractivity contribution in [1.82, 2.24) is 5.32 Å². The topological polar surface area (TPSA) is 75.6 Å². The highest BCUT2D eigenvalue weighted by Gasteiger charge is 2.15. The molecule has 1 aromatic carbocycles. The predicted octanol–water partition coefficient (Wildman–Crippen LogP) is 3.13. The van der Waals surface area contributed by atoms with Crippen LogP contribution in [0.15, 0.2) is 24.3 Å². The van der Waals surface area contributed by atoms with Gasteiger partial charge in [-0.05, 0) is 44.9 Å². The van der Waals surface area contributed by atoms with Crippen molar-refractivity contribution in [3.05, 3.63) is 35.4 Å². The van der Waals surface area contributed by atoms with E-state index in [1.54, 1.807) is 12.1 Å². The Morgan fingerprint density at radius 3 is 2.67 bits per heavy atom. The fourth-order valence-corrected chi connectivity index (χ4v) is 1.56. The molecule has 0 atom stereocenters. The molecule has 0 bridgehead atoms. The van der Waals surface area contributed by atoms with E-state index in [4.69, 9.17) is 4.74 Å². The van der Waals surface area contributed by atoms with Crippen LogP contribution < -0.4 is 5.32 Å². The maximum Gasteiger partial charge on any atom is 0.407 e. The third-order valence-corrected chi connectivity index (χ3v) is 2.47. The van der Waals surface area contributed by atoms with E-state index in [1.165, 1.54) is 6.07 Å². The number of aldehydes is 1. The summed E-state index contributed by atoms with van der Waals surface area (Å²) >= 11 is 0. The molecular weight excluding hydrogens is 270 g/mol. The number of aromatic hydroxyl groups is 1. The van der Waals surface area contributed by atoms with Gasteiger partial charge in [-0.1, -0.05) is 18.2 Å². The van der Waals surface area contributed by atoms with Crippen molar-refractivity contribution in [2.24, 2.45) is 0 Å². The second-order valence-corrected chi connectivity index (χ2v) is 5.56. The van der Waals surface area contributed by atoms with Gasteiger partial charge in [-0.15, -0.1) is 0 Å². The van der Waals surface area contributed by atoms with Crippen LogP contribution in [0.5, 0.6) is 5.75 Å². The van der Waals surface area contributed by atoms with Crippen LogP contribution in [0.2, 0.25) is 0 Å². The molecule has 0 fully saturated rings. The van der Waals surface area contributed by atoms with E-state index in [9.17, 15) is 14.7 Å². The van der Waals surface area contributed by atoms with Crippen molar-refractivity contribution in [1.29, 1.82) is 0 Å². The third-order valence-electron chi connectivity index (χ3n) is 2.47. The Bertz CT molecular complexity index is 530. The van der Waals surface area contributed by atoms with Crippen molar-refractivity contribution in [3.8, 4) is 5.75 Å². The molecule has 0 aliphatic rings. The summed E-state index contributed by atoms with van der Waals surface area (Å²) in [4.78, 5) is 22.0. The smallest absolute Gasteiger partial charge is 0.407 e. The summed E-state index contributed by atoms with van der Waals surface area (Å²) < 4.78 is 5.10. The molecule has 1 amide bonds. The summed E-state index contributed by atoms with van der Waals surface area (Å²) in [5.74, 6) is -0.0426. The maximum absolute atomic E-state index is 11.4. The van der Waals surface area contributed by atoms with Gasteiger partial charge in [-0.25, -0.2) is 4.79 Å². The monoisotopic (exact) mass is 291 g/mol. The number of benzene rings is 1. The lowest BCUT2D eigenvalue weighted by atomic mass is 10.1. The number of nitrogens with one attached hydrogen (secondary N) is 1. The number of hydrogen-bond acceptors (Lipinski definition) is 4. The van der Waals surface area contributed by atoms with E-state index >= 15 is 0 Å². The van der Waals surface area contributed by atoms with Crippen molar-refractivity contribution in [3.63, 3.8) is 0 Å². The van der Waals surface area contributed by atoms with Gasteiger partial charge in [0.1, 0.15) is 11.4 Å². The molecule has 5 heteroatoms. The van der Waals surface area contributed by atoms with Gasteiger partial charge < -0.3 is 15.2 Å². The highest BCUT2D eigenvalue weighted by molar-refractivity contribution is 5.79. The van der Waals surface area contributed by atoms with E-state index in [0.29, 0.717) is 19.3 Å². The van der Waals surface area contributed by atoms with Gasteiger partial charge in [0.2, 0.25) is 0 Å². The lowest BCUT2D eigenvalue weighted by Gasteiger charge is -2.19. The minimum absolute atomic E-state index is 0.0426. The number of alkyl carbamates (subject to hydrolysis) is 1. The third kappa shape index (κ3) is 6.61. The van der Waals surface area contributed by atoms with Crippen LogP contribution in [0.4, 0.5) is 4.79 Å². The van der Waals surface area contributed by atoms with Crippen LogP contribution in [0, 0.1) is 0 Å². The predicted molar refractivity (Wildman–Crippen MR) is 81.4 cm³/mol. The number of phenols is 1. The average Bonchev–Trinajstić information content (AvgIpc) is 2.36. The van der Waals surface area contributed by atoms with E-state index in [2.05, 4.69) is 5.32 Å². The lowest BCUT2D eigenvalue weighted by molar-refractivity contribution is 0.0528. The van der Waals surface area contributed by atoms with E-state index in [-0.39, 0.29) is 11.3 Å². The summed E-state index contributed by atoms with van der Waals surface area (Å²) in [5.41, 5.74) is 0.548. The zero-order valence-electron chi connectivity index (χ0n) is 12.6. The lowest BCUT2D eigenvalue weighted by Crippen LogP contribution is -2.32. The number of hydrogen-bond donors (Lipinski definition) is 2. The number of carbonyl (C=O) groups is 2. The van der Waals surface area contributed by atoms with Gasteiger partial charge in [0, 0.05) is 6.54 Å². The summed E-state index contributed by atoms with van der Waals surface area (Å²) in [6, 6.07) is 4.81. The molecule has 0 saturated heterocycles. The van der Waals surface area contributed by atoms with Crippen LogP contribution in [0.25, 0.3) is 6.08 Å². The second kappa shape index (κ2) is 7.47. The molecule has 1 aromatic rings. The molecule has 5 nitrogen and oxygen atoms in total. The Kier molecular flexibility index (Phi) is 5.96. The van der Waals surface area contributed by atoms with E-state index < -0.39 is 11.7 Å². The molecular formula is C16H21NO4. The Labute approximate surface area is 124 Å². The van der Waals surface area contributed by atoms with Gasteiger partial charge in [-0.2, -0.15) is 0 Å². The minimum Gasteiger partial charge on any atom is -0.507 e. The second-order valence-electron chi connectivity index (χ2n) is 5.56. The van der Waals surface area contributed by atoms with Gasteiger partial charge in [0.15, 0.2) is 6.29 Å². The zero-order valence-corrected chi connectivity index (χ0v) is 12.6. The molecule has 0 aliphatic carbocycles. The maximum atomic E-state index is 11.4. The summed E-state index contributed by atoms with van der Waals surface area (Å²) in [6.45, 7) is 5.88. The fourth-order valence-electron chi connectivity index (χ4n) is 1.56. The van der Waals surface area contributed by atoms with Gasteiger partial charge in [0.05, 0.1) is 5.56 Å². The quantitative estimate of drug-likeness (QED) is 0.645. The Hall–Kier alpha value is -2.30. The van der Waals surface area contributed by atoms with Crippen molar-refractivity contribution in [2.75, 3.05) is 6.54 Å². The zero-order chi connectivity index (χ0) is 15.9. The normalized spacial score (nSPS) is 11.4. The molecule has 0 saturated carbocycles. The molecule has 0 aliphatic heterocycles. The first-order valence-electron chi connectivity index (χ1n) is 6.73. The number of amides is 1. The molecule has 21 heavy (non-hydrogen) atoms. The molecule has 2 N–H and O–H groups in total. The summed E-state index contributed by atoms with van der Waals surface area (Å²) in [7, 11) is 0. The molecule has 0 unspecified atom stereocenters. The highest BCUT2D eigenvalue weighted by Crippen LogP contribution is 2.17. The molecule has 114 valence electrons. The van der Waals surface area contributed by atoms with Crippen molar-refractivity contribution < 1.29 is 19.4 Å². The number of phenolic OH excluding ortho intramolecular Hbond substituents is 1. The SMILES string of the molecule is CC(C)(C)OC(=O)NCCC=Cc1ccc(C=O)c(O)c1. The molecule has 1 rings (SSSR count). The van der Waals surface area contributed by atoms with E-state index in [1.807, 2.05) is 32.9 Å². The average molecular weight is 291 g/mol. The van der Waals surface area contributed by atoms with Gasteiger partial charge in [-0.3, -0.25) is 4.79 Å². The van der Waals surface area contributed by atoms with E-state index in [0.717, 1.165) is 5.56 Å². The molecule has 0 spiro atoms. The fraction of sp³-hybridized carbons (Fsp3) is 0.375. The van der Waals surface area contributed by atoms with Crippen LogP contribution >= 0.6 is 0 Å². The Morgan fingerprint density at radius 1 is 1.38 bits per heavy atom. The molecule has 0 aromatic heterocycles. The standard InChI is InChI=1S/C16H21NO4/c1-16(2,3)21-15(20)17-9-5-4-6-12-7-8-13(11-18)14(19)10-12/h4,6-8,10-11,19H,5,9H2,1-3H3,(H,17,20). The van der Waals surface area contributed by atoms with Crippen molar-refractivity contribution >= 4 is 18.5 Å². The van der Waals surface area contributed by atoms with Crippen LogP contribution in [0.1, 0.15) is 43.1 Å². The first-order valence-corrected chi connectivity index (χ1v) is 6.73. The summed E-state index contributed by atoms with van der Waals surface area (Å²) in [6.07, 6.45) is 4.48. The van der Waals surface area contributed by atoms with Crippen LogP contribution in [-0.2, 0) is 4.74 Å². The minimum atomic E-state index is -0.502. The Morgan fingerprint density at radius 2 is 2.10 bits per heavy atom. The molecule has 0 heterocycles. The van der Waals surface area contributed by atoms with Gasteiger partial charge in [0.25, 0.3) is 0 Å². The summed E-state index contributed by atoms with van der Waals surface area (Å²) in [5, 5.41) is 12.2. The van der Waals surface area contributed by atoms with Gasteiger partial charge >= 0.3 is 6.09 Å². The van der Waals surface area contributed by atoms with Crippen LogP contribution in [-0.4, -0.2) is 29.6 Å². The number of carbonyl (C=O) groups excluding carboxylic acids is 2. The first kappa shape index (κ1) is 16.8. The Balaban J connectivity index is 2.37. The number of rotatable bonds is 5. The number of ether oxygens (including phenoxy) is 1. The first-order chi connectivity index (χ1) is 9.81. The van der Waals surface area contributed by atoms with Crippen LogP contribution in [0.3, 0.4) is 0 Å².